The first kappa shape index (κ1) is 15.6. The summed E-state index contributed by atoms with van der Waals surface area (Å²) in [4.78, 5) is 16.2. The predicted octanol–water partition coefficient (Wildman–Crippen LogP) is 2.45. The first-order valence-electron chi connectivity index (χ1n) is 7.48. The molecule has 0 bridgehead atoms. The molecule has 0 unspecified atom stereocenters. The van der Waals surface area contributed by atoms with Gasteiger partial charge < -0.3 is 18.9 Å². The average Bonchev–Trinajstić information content (AvgIpc) is 3.28. The maximum absolute atomic E-state index is 12.3. The molecule has 0 saturated carbocycles. The van der Waals surface area contributed by atoms with Gasteiger partial charge in [-0.1, -0.05) is 0 Å². The van der Waals surface area contributed by atoms with Crippen LogP contribution in [0.15, 0.2) is 41.5 Å². The number of hydrogen-bond donors (Lipinski definition) is 1. The van der Waals surface area contributed by atoms with Crippen molar-refractivity contribution in [3.63, 3.8) is 0 Å². The van der Waals surface area contributed by atoms with Crippen molar-refractivity contribution in [3.05, 3.63) is 59.7 Å². The Morgan fingerprint density at radius 3 is 2.92 bits per heavy atom. The Balaban J connectivity index is 1.91. The van der Waals surface area contributed by atoms with Crippen molar-refractivity contribution < 1.29 is 9.21 Å². The second kappa shape index (κ2) is 6.46. The fraction of sp³-hybridized carbons (Fsp3) is 0.235. The molecule has 3 rings (SSSR count). The Bertz CT molecular complexity index is 883. The molecule has 24 heavy (non-hydrogen) atoms. The highest BCUT2D eigenvalue weighted by Crippen LogP contribution is 2.27. The Morgan fingerprint density at radius 2 is 2.29 bits per heavy atom. The topological polar surface area (TPSA) is 88.8 Å². The van der Waals surface area contributed by atoms with Crippen LogP contribution < -0.4 is 5.32 Å². The van der Waals surface area contributed by atoms with Crippen LogP contribution >= 0.6 is 0 Å². The largest absolute Gasteiger partial charge is 0.467 e. The van der Waals surface area contributed by atoms with E-state index in [0.29, 0.717) is 17.9 Å². The molecule has 0 aliphatic heterocycles. The van der Waals surface area contributed by atoms with Crippen molar-refractivity contribution in [1.29, 1.82) is 5.26 Å². The van der Waals surface area contributed by atoms with E-state index in [1.54, 1.807) is 29.6 Å². The molecular formula is C17H17N5O2. The van der Waals surface area contributed by atoms with Crippen LogP contribution in [-0.2, 0) is 17.9 Å². The van der Waals surface area contributed by atoms with Crippen LogP contribution in [0.25, 0.3) is 0 Å². The lowest BCUT2D eigenvalue weighted by Crippen LogP contribution is -2.21. The van der Waals surface area contributed by atoms with E-state index in [4.69, 9.17) is 4.42 Å². The van der Waals surface area contributed by atoms with Crippen LogP contribution in [0.2, 0.25) is 0 Å². The van der Waals surface area contributed by atoms with Gasteiger partial charge >= 0.3 is 0 Å². The van der Waals surface area contributed by atoms with E-state index in [0.717, 1.165) is 17.0 Å². The smallest absolute Gasteiger partial charge is 0.245 e. The number of carbonyl (C=O) groups excluding carboxylic acids is 1. The third kappa shape index (κ3) is 2.94. The minimum atomic E-state index is -0.220. The van der Waals surface area contributed by atoms with Crippen LogP contribution in [0.4, 0.5) is 5.82 Å². The van der Waals surface area contributed by atoms with Gasteiger partial charge in [0.15, 0.2) is 0 Å². The summed E-state index contributed by atoms with van der Waals surface area (Å²) in [5.41, 5.74) is 2.24. The van der Waals surface area contributed by atoms with E-state index in [1.165, 1.54) is 0 Å². The molecule has 0 aliphatic rings. The van der Waals surface area contributed by atoms with Gasteiger partial charge in [0, 0.05) is 18.1 Å². The molecular weight excluding hydrogens is 306 g/mol. The first-order chi connectivity index (χ1) is 11.6. The van der Waals surface area contributed by atoms with Crippen LogP contribution in [0.1, 0.15) is 22.6 Å². The zero-order valence-corrected chi connectivity index (χ0v) is 13.5. The van der Waals surface area contributed by atoms with E-state index in [9.17, 15) is 10.1 Å². The summed E-state index contributed by atoms with van der Waals surface area (Å²) in [6.45, 7) is 4.37. The third-order valence-corrected chi connectivity index (χ3v) is 3.98. The summed E-state index contributed by atoms with van der Waals surface area (Å²) in [6.07, 6.45) is 6.50. The Hall–Kier alpha value is -3.27. The number of carbonyl (C=O) groups is 1. The summed E-state index contributed by atoms with van der Waals surface area (Å²) >= 11 is 0. The van der Waals surface area contributed by atoms with Crippen molar-refractivity contribution in [1.82, 2.24) is 14.1 Å². The fourth-order valence-electron chi connectivity index (χ4n) is 2.60. The molecule has 0 fully saturated rings. The summed E-state index contributed by atoms with van der Waals surface area (Å²) in [7, 11) is 0. The molecule has 1 amide bonds. The summed E-state index contributed by atoms with van der Waals surface area (Å²) in [5.74, 6) is 1.03. The zero-order chi connectivity index (χ0) is 17.1. The third-order valence-electron chi connectivity index (χ3n) is 3.98. The number of imidazole rings is 1. The van der Waals surface area contributed by atoms with E-state index in [2.05, 4.69) is 16.4 Å². The van der Waals surface area contributed by atoms with Crippen LogP contribution in [-0.4, -0.2) is 20.0 Å². The highest BCUT2D eigenvalue weighted by molar-refractivity contribution is 5.91. The lowest BCUT2D eigenvalue weighted by atomic mass is 10.2. The molecule has 0 aliphatic carbocycles. The summed E-state index contributed by atoms with van der Waals surface area (Å²) in [5, 5.41) is 12.3. The van der Waals surface area contributed by atoms with Crippen LogP contribution in [0.5, 0.6) is 0 Å². The number of aromatic nitrogens is 3. The monoisotopic (exact) mass is 323 g/mol. The number of furan rings is 1. The van der Waals surface area contributed by atoms with Gasteiger partial charge in [-0.15, -0.1) is 0 Å². The van der Waals surface area contributed by atoms with Gasteiger partial charge in [-0.25, -0.2) is 4.98 Å². The average molecular weight is 323 g/mol. The van der Waals surface area contributed by atoms with Crippen molar-refractivity contribution in [3.8, 4) is 6.07 Å². The number of amides is 1. The molecule has 0 radical (unpaired) electrons. The molecule has 1 N–H and O–H groups in total. The van der Waals surface area contributed by atoms with Crippen molar-refractivity contribution in [2.45, 2.75) is 26.9 Å². The molecule has 0 aromatic carbocycles. The quantitative estimate of drug-likeness (QED) is 0.781. The number of nitrogens with zero attached hydrogens (tertiary/aromatic N) is 4. The Kier molecular flexibility index (Phi) is 4.20. The zero-order valence-electron chi connectivity index (χ0n) is 13.5. The number of nitriles is 1. The SMILES string of the molecule is Cc1c(C#N)c(NC(=O)Cn2ccnc2)n(Cc2ccco2)c1C. The molecule has 122 valence electrons. The molecule has 0 atom stereocenters. The maximum atomic E-state index is 12.3. The van der Waals surface area contributed by atoms with Gasteiger partial charge in [0.1, 0.15) is 24.2 Å². The molecule has 0 saturated heterocycles. The Morgan fingerprint density at radius 1 is 1.46 bits per heavy atom. The lowest BCUT2D eigenvalue weighted by molar-refractivity contribution is -0.116. The van der Waals surface area contributed by atoms with Gasteiger partial charge in [-0.3, -0.25) is 4.79 Å². The van der Waals surface area contributed by atoms with Gasteiger partial charge in [-0.2, -0.15) is 5.26 Å². The van der Waals surface area contributed by atoms with Gasteiger partial charge in [0.2, 0.25) is 5.91 Å². The van der Waals surface area contributed by atoms with Gasteiger partial charge in [0.05, 0.1) is 24.7 Å². The number of anilines is 1. The van der Waals surface area contributed by atoms with Crippen molar-refractivity contribution >= 4 is 11.7 Å². The summed E-state index contributed by atoms with van der Waals surface area (Å²) in [6, 6.07) is 5.85. The molecule has 3 aromatic heterocycles. The van der Waals surface area contributed by atoms with E-state index < -0.39 is 0 Å². The van der Waals surface area contributed by atoms with Crippen LogP contribution in [0, 0.1) is 25.2 Å². The molecule has 0 spiro atoms. The maximum Gasteiger partial charge on any atom is 0.245 e. The minimum Gasteiger partial charge on any atom is -0.467 e. The first-order valence-corrected chi connectivity index (χ1v) is 7.48. The van der Waals surface area contributed by atoms with Crippen LogP contribution in [0.3, 0.4) is 0 Å². The molecule has 7 nitrogen and oxygen atoms in total. The fourth-order valence-corrected chi connectivity index (χ4v) is 2.60. The molecule has 3 heterocycles. The van der Waals surface area contributed by atoms with E-state index in [1.807, 2.05) is 30.5 Å². The highest BCUT2D eigenvalue weighted by Gasteiger charge is 2.20. The number of hydrogen-bond acceptors (Lipinski definition) is 4. The second-order valence-electron chi connectivity index (χ2n) is 5.49. The minimum absolute atomic E-state index is 0.134. The van der Waals surface area contributed by atoms with E-state index in [-0.39, 0.29) is 12.5 Å². The normalized spacial score (nSPS) is 10.5. The number of rotatable bonds is 5. The number of nitrogens with one attached hydrogen (secondary N) is 1. The standard InChI is InChI=1S/C17H17N5O2/c1-12-13(2)22(9-14-4-3-7-24-14)17(15(12)8-18)20-16(23)10-21-6-5-19-11-21/h3-7,11H,9-10H2,1-2H3,(H,20,23). The second-order valence-corrected chi connectivity index (χ2v) is 5.49. The van der Waals surface area contributed by atoms with E-state index >= 15 is 0 Å². The van der Waals surface area contributed by atoms with Gasteiger partial charge in [0.25, 0.3) is 0 Å². The highest BCUT2D eigenvalue weighted by atomic mass is 16.3. The van der Waals surface area contributed by atoms with Gasteiger partial charge in [-0.05, 0) is 31.5 Å². The lowest BCUT2D eigenvalue weighted by Gasteiger charge is -2.12. The van der Waals surface area contributed by atoms with Crippen molar-refractivity contribution in [2.24, 2.45) is 0 Å². The molecule has 7 heteroatoms. The molecule has 3 aromatic rings. The van der Waals surface area contributed by atoms with Crippen molar-refractivity contribution in [2.75, 3.05) is 5.32 Å². The summed E-state index contributed by atoms with van der Waals surface area (Å²) < 4.78 is 8.95. The Labute approximate surface area is 139 Å². The predicted molar refractivity (Wildman–Crippen MR) is 87.3 cm³/mol.